The van der Waals surface area contributed by atoms with E-state index in [1.807, 2.05) is 20.8 Å². The van der Waals surface area contributed by atoms with Crippen molar-refractivity contribution >= 4 is 0 Å². The molecule has 0 aromatic heterocycles. The molecule has 0 spiro atoms. The summed E-state index contributed by atoms with van der Waals surface area (Å²) < 4.78 is 25.6. The third-order valence-electron chi connectivity index (χ3n) is 2.31. The second-order valence-electron chi connectivity index (χ2n) is 3.76. The van der Waals surface area contributed by atoms with Gasteiger partial charge in [-0.25, -0.2) is 8.78 Å². The molecule has 0 aliphatic rings. The van der Waals surface area contributed by atoms with Crippen LogP contribution in [-0.2, 0) is 6.42 Å². The number of rotatable bonds is 5. The van der Waals surface area contributed by atoms with Gasteiger partial charge >= 0.3 is 0 Å². The van der Waals surface area contributed by atoms with Gasteiger partial charge in [0.05, 0.1) is 6.10 Å². The lowest BCUT2D eigenvalue weighted by atomic mass is 10.0. The molecule has 0 amide bonds. The maximum absolute atomic E-state index is 12.8. The molecule has 98 valence electrons. The Morgan fingerprint density at radius 1 is 1.06 bits per heavy atom. The summed E-state index contributed by atoms with van der Waals surface area (Å²) in [5.41, 5.74) is 0.600. The van der Waals surface area contributed by atoms with E-state index < -0.39 is 11.6 Å². The summed E-state index contributed by atoms with van der Waals surface area (Å²) in [6.45, 7) is 5.99. The average Bonchev–Trinajstić information content (AvgIpc) is 2.28. The normalized spacial score (nSPS) is 11.6. The monoisotopic (exact) mass is 244 g/mol. The summed E-state index contributed by atoms with van der Waals surface area (Å²) in [6, 6.07) is 3.47. The Morgan fingerprint density at radius 2 is 1.59 bits per heavy atom. The quantitative estimate of drug-likeness (QED) is 0.827. The predicted molar refractivity (Wildman–Crippen MR) is 66.9 cm³/mol. The first-order valence-electron chi connectivity index (χ1n) is 6.25. The molecule has 17 heavy (non-hydrogen) atoms. The maximum Gasteiger partial charge on any atom is 0.126 e. The Morgan fingerprint density at radius 3 is 2.06 bits per heavy atom. The third-order valence-corrected chi connectivity index (χ3v) is 2.31. The average molecular weight is 244 g/mol. The fraction of sp³-hybridized carbons (Fsp3) is 0.571. The van der Waals surface area contributed by atoms with Crippen LogP contribution in [0.4, 0.5) is 8.78 Å². The molecule has 0 saturated carbocycles. The van der Waals surface area contributed by atoms with Gasteiger partial charge in [-0.15, -0.1) is 0 Å². The van der Waals surface area contributed by atoms with Crippen LogP contribution in [-0.4, -0.2) is 11.2 Å². The van der Waals surface area contributed by atoms with Gasteiger partial charge in [-0.2, -0.15) is 0 Å². The molecule has 1 N–H and O–H groups in total. The molecular weight excluding hydrogens is 222 g/mol. The smallest absolute Gasteiger partial charge is 0.126 e. The predicted octanol–water partition coefficient (Wildman–Crippen LogP) is 4.08. The Balaban J connectivity index is 0.00000121. The van der Waals surface area contributed by atoms with E-state index in [9.17, 15) is 13.9 Å². The van der Waals surface area contributed by atoms with Gasteiger partial charge in [0.25, 0.3) is 0 Å². The van der Waals surface area contributed by atoms with Gasteiger partial charge < -0.3 is 5.11 Å². The number of hydrogen-bond donors (Lipinski definition) is 1. The summed E-state index contributed by atoms with van der Waals surface area (Å²) in [5, 5.41) is 9.46. The minimum Gasteiger partial charge on any atom is -0.393 e. The topological polar surface area (TPSA) is 20.2 Å². The van der Waals surface area contributed by atoms with Crippen molar-refractivity contribution in [2.45, 2.75) is 52.6 Å². The number of aliphatic hydroxyl groups is 1. The lowest BCUT2D eigenvalue weighted by Gasteiger charge is -2.08. The van der Waals surface area contributed by atoms with E-state index in [4.69, 9.17) is 0 Å². The lowest BCUT2D eigenvalue weighted by molar-refractivity contribution is 0.154. The van der Waals surface area contributed by atoms with Gasteiger partial charge in [-0.1, -0.05) is 27.2 Å². The standard InChI is InChI=1S/C12H16F2O.C2H6/c1-2-3-12(15)5-4-9-6-10(13)8-11(14)7-9;1-2/h6-8,12,15H,2-5H2,1H3;1-2H3. The van der Waals surface area contributed by atoms with Gasteiger partial charge in [-0.05, 0) is 37.0 Å². The van der Waals surface area contributed by atoms with Crippen molar-refractivity contribution in [3.8, 4) is 0 Å². The minimum absolute atomic E-state index is 0.374. The highest BCUT2D eigenvalue weighted by Crippen LogP contribution is 2.12. The van der Waals surface area contributed by atoms with Gasteiger partial charge in [0.1, 0.15) is 11.6 Å². The summed E-state index contributed by atoms with van der Waals surface area (Å²) in [6.07, 6.45) is 2.34. The molecule has 1 aromatic carbocycles. The van der Waals surface area contributed by atoms with E-state index in [1.54, 1.807) is 0 Å². The van der Waals surface area contributed by atoms with Crippen molar-refractivity contribution in [1.29, 1.82) is 0 Å². The first-order valence-corrected chi connectivity index (χ1v) is 6.25. The second-order valence-corrected chi connectivity index (χ2v) is 3.76. The molecule has 0 aliphatic carbocycles. The van der Waals surface area contributed by atoms with Crippen LogP contribution in [0.1, 0.15) is 45.6 Å². The van der Waals surface area contributed by atoms with Crippen molar-refractivity contribution in [2.24, 2.45) is 0 Å². The number of aliphatic hydroxyl groups excluding tert-OH is 1. The number of hydrogen-bond acceptors (Lipinski definition) is 1. The largest absolute Gasteiger partial charge is 0.393 e. The maximum atomic E-state index is 12.8. The zero-order valence-electron chi connectivity index (χ0n) is 10.8. The summed E-state index contributed by atoms with van der Waals surface area (Å²) in [5.74, 6) is -1.12. The molecule has 1 aromatic rings. The molecule has 0 heterocycles. The fourth-order valence-electron chi connectivity index (χ4n) is 1.57. The molecule has 0 fully saturated rings. The van der Waals surface area contributed by atoms with Crippen molar-refractivity contribution in [2.75, 3.05) is 0 Å². The van der Waals surface area contributed by atoms with Crippen LogP contribution in [0.5, 0.6) is 0 Å². The second kappa shape index (κ2) is 9.11. The van der Waals surface area contributed by atoms with Gasteiger partial charge in [0.2, 0.25) is 0 Å². The van der Waals surface area contributed by atoms with Crippen LogP contribution in [0.2, 0.25) is 0 Å². The Labute approximate surface area is 102 Å². The van der Waals surface area contributed by atoms with Crippen LogP contribution >= 0.6 is 0 Å². The zero-order chi connectivity index (χ0) is 13.3. The van der Waals surface area contributed by atoms with Crippen molar-refractivity contribution in [3.63, 3.8) is 0 Å². The van der Waals surface area contributed by atoms with E-state index >= 15 is 0 Å². The molecule has 1 unspecified atom stereocenters. The van der Waals surface area contributed by atoms with Crippen LogP contribution in [0, 0.1) is 11.6 Å². The Kier molecular flexibility index (Phi) is 8.60. The molecule has 1 nitrogen and oxygen atoms in total. The van der Waals surface area contributed by atoms with Crippen molar-refractivity contribution < 1.29 is 13.9 Å². The van der Waals surface area contributed by atoms with Crippen molar-refractivity contribution in [3.05, 3.63) is 35.4 Å². The zero-order valence-corrected chi connectivity index (χ0v) is 10.8. The van der Waals surface area contributed by atoms with Crippen LogP contribution in [0.15, 0.2) is 18.2 Å². The van der Waals surface area contributed by atoms with Gasteiger partial charge in [-0.3, -0.25) is 0 Å². The first kappa shape index (κ1) is 16.0. The number of benzene rings is 1. The SMILES string of the molecule is CC.CCCC(O)CCc1cc(F)cc(F)c1. The highest BCUT2D eigenvalue weighted by molar-refractivity contribution is 5.17. The van der Waals surface area contributed by atoms with Gasteiger partial charge in [0.15, 0.2) is 0 Å². The van der Waals surface area contributed by atoms with E-state index in [0.29, 0.717) is 18.4 Å². The minimum atomic E-state index is -0.560. The molecule has 0 bridgehead atoms. The molecule has 0 saturated heterocycles. The molecule has 0 aliphatic heterocycles. The Hall–Kier alpha value is -0.960. The lowest BCUT2D eigenvalue weighted by Crippen LogP contribution is -2.07. The molecule has 0 radical (unpaired) electrons. The third kappa shape index (κ3) is 7.05. The van der Waals surface area contributed by atoms with E-state index in [0.717, 1.165) is 18.9 Å². The molecule has 1 atom stereocenters. The Bertz CT molecular complexity index is 293. The van der Waals surface area contributed by atoms with Gasteiger partial charge in [0, 0.05) is 6.07 Å². The molecule has 3 heteroatoms. The number of halogens is 2. The summed E-state index contributed by atoms with van der Waals surface area (Å²) in [7, 11) is 0. The van der Waals surface area contributed by atoms with E-state index in [1.165, 1.54) is 12.1 Å². The van der Waals surface area contributed by atoms with E-state index in [2.05, 4.69) is 0 Å². The van der Waals surface area contributed by atoms with Crippen molar-refractivity contribution in [1.82, 2.24) is 0 Å². The fourth-order valence-corrected chi connectivity index (χ4v) is 1.57. The van der Waals surface area contributed by atoms with E-state index in [-0.39, 0.29) is 6.10 Å². The van der Waals surface area contributed by atoms with Crippen LogP contribution in [0.25, 0.3) is 0 Å². The number of aryl methyl sites for hydroxylation is 1. The highest BCUT2D eigenvalue weighted by Gasteiger charge is 2.05. The molecule has 1 rings (SSSR count). The molecular formula is C14H22F2O. The van der Waals surface area contributed by atoms with Crippen LogP contribution in [0.3, 0.4) is 0 Å². The summed E-state index contributed by atoms with van der Waals surface area (Å²) >= 11 is 0. The summed E-state index contributed by atoms with van der Waals surface area (Å²) in [4.78, 5) is 0. The van der Waals surface area contributed by atoms with Crippen LogP contribution < -0.4 is 0 Å². The highest BCUT2D eigenvalue weighted by atomic mass is 19.1. The first-order chi connectivity index (χ1) is 8.11.